The molecule has 0 aromatic carbocycles. The molecule has 0 unspecified atom stereocenters. The Balaban J connectivity index is 1.23. The Morgan fingerprint density at radius 3 is 2.77 bits per heavy atom. The summed E-state index contributed by atoms with van der Waals surface area (Å²) in [5.74, 6) is 0.813. The van der Waals surface area contributed by atoms with Gasteiger partial charge in [0.25, 0.3) is 0 Å². The highest BCUT2D eigenvalue weighted by Crippen LogP contribution is 2.57. The van der Waals surface area contributed by atoms with Crippen molar-refractivity contribution in [3.63, 3.8) is 0 Å². The van der Waals surface area contributed by atoms with Crippen molar-refractivity contribution in [2.24, 2.45) is 10.8 Å². The first kappa shape index (κ1) is 19.0. The summed E-state index contributed by atoms with van der Waals surface area (Å²) in [5, 5.41) is 13.7. The van der Waals surface area contributed by atoms with Crippen LogP contribution in [-0.4, -0.2) is 66.6 Å². The molecule has 2 aromatic heterocycles. The second-order valence-corrected chi connectivity index (χ2v) is 11.6. The Morgan fingerprint density at radius 2 is 2.10 bits per heavy atom. The van der Waals surface area contributed by atoms with Crippen LogP contribution in [0.5, 0.6) is 0 Å². The molecule has 7 rings (SSSR count). The van der Waals surface area contributed by atoms with Gasteiger partial charge in [-0.15, -0.1) is 0 Å². The fraction of sp³-hybridized carbons (Fsp3) is 0.700. The van der Waals surface area contributed by atoms with Crippen molar-refractivity contribution < 1.29 is 18.3 Å². The van der Waals surface area contributed by atoms with E-state index in [9.17, 15) is 13.5 Å². The largest absolute Gasteiger partial charge is 0.396 e. The summed E-state index contributed by atoms with van der Waals surface area (Å²) in [5.41, 5.74) is 0.110. The van der Waals surface area contributed by atoms with E-state index in [0.717, 1.165) is 18.9 Å². The molecule has 0 amide bonds. The molecule has 2 saturated carbocycles. The minimum absolute atomic E-state index is 0.0834. The predicted molar refractivity (Wildman–Crippen MR) is 109 cm³/mol. The van der Waals surface area contributed by atoms with Crippen LogP contribution in [0.4, 0.5) is 5.82 Å². The number of fused-ring (bicyclic) bond motifs is 2. The predicted octanol–water partition coefficient (Wildman–Crippen LogP) is 0.929. The average Bonchev–Trinajstić information content (AvgIpc) is 3.45. The van der Waals surface area contributed by atoms with E-state index in [2.05, 4.69) is 19.7 Å². The number of ether oxygens (including phenoxy) is 1. The molecule has 0 atom stereocenters. The molecule has 2 N–H and O–H groups in total. The molecule has 2 aliphatic carbocycles. The van der Waals surface area contributed by atoms with Gasteiger partial charge in [-0.3, -0.25) is 0 Å². The highest BCUT2D eigenvalue weighted by atomic mass is 32.2. The van der Waals surface area contributed by atoms with E-state index in [1.54, 1.807) is 6.20 Å². The number of nitrogens with one attached hydrogen (secondary N) is 1. The highest BCUT2D eigenvalue weighted by Gasteiger charge is 2.62. The van der Waals surface area contributed by atoms with Crippen LogP contribution in [0.2, 0.25) is 0 Å². The first-order valence-corrected chi connectivity index (χ1v) is 12.2. The van der Waals surface area contributed by atoms with E-state index in [0.29, 0.717) is 30.5 Å². The van der Waals surface area contributed by atoms with Crippen LogP contribution in [0.15, 0.2) is 23.4 Å². The molecule has 2 bridgehead atoms. The van der Waals surface area contributed by atoms with Crippen molar-refractivity contribution in [3.05, 3.63) is 18.5 Å². The number of nitrogens with zero attached hydrogens (tertiary/aromatic N) is 4. The zero-order valence-corrected chi connectivity index (χ0v) is 17.7. The fourth-order valence-electron chi connectivity index (χ4n) is 5.88. The summed E-state index contributed by atoms with van der Waals surface area (Å²) in [4.78, 5) is 7.04. The van der Waals surface area contributed by atoms with Gasteiger partial charge in [-0.25, -0.2) is 22.6 Å². The maximum atomic E-state index is 13.0. The summed E-state index contributed by atoms with van der Waals surface area (Å²) >= 11 is 0. The molecule has 5 fully saturated rings. The monoisotopic (exact) mass is 433 g/mol. The van der Waals surface area contributed by atoms with Crippen LogP contribution >= 0.6 is 0 Å². The van der Waals surface area contributed by atoms with Crippen molar-refractivity contribution in [3.8, 4) is 0 Å². The van der Waals surface area contributed by atoms with E-state index in [1.165, 1.54) is 36.4 Å². The molecule has 3 saturated heterocycles. The van der Waals surface area contributed by atoms with E-state index < -0.39 is 15.6 Å². The van der Waals surface area contributed by atoms with Gasteiger partial charge in [0, 0.05) is 31.2 Å². The van der Waals surface area contributed by atoms with Gasteiger partial charge in [-0.05, 0) is 43.6 Å². The summed E-state index contributed by atoms with van der Waals surface area (Å²) in [6.07, 6.45) is 9.57. The minimum atomic E-state index is -3.78. The molecule has 30 heavy (non-hydrogen) atoms. The Labute approximate surface area is 175 Å². The lowest BCUT2D eigenvalue weighted by Gasteiger charge is -2.43. The second-order valence-electron chi connectivity index (χ2n) is 9.90. The Bertz CT molecular complexity index is 1100. The van der Waals surface area contributed by atoms with Crippen LogP contribution in [0.1, 0.15) is 38.5 Å². The van der Waals surface area contributed by atoms with Crippen molar-refractivity contribution in [2.75, 3.05) is 37.7 Å². The van der Waals surface area contributed by atoms with Gasteiger partial charge in [0.1, 0.15) is 10.7 Å². The summed E-state index contributed by atoms with van der Waals surface area (Å²) < 4.78 is 36.1. The lowest BCUT2D eigenvalue weighted by Crippen LogP contribution is -2.52. The number of aliphatic hydroxyl groups excluding tert-OH is 1. The molecule has 1 spiro atoms. The van der Waals surface area contributed by atoms with Gasteiger partial charge in [0.15, 0.2) is 5.65 Å². The second kappa shape index (κ2) is 6.15. The molecule has 9 nitrogen and oxygen atoms in total. The molecule has 10 heteroatoms. The minimum Gasteiger partial charge on any atom is -0.396 e. The SMILES string of the molecule is O=S(=O)(NCC12CC(CO)(CO1)C2)c1cnn2ccc(N3CCC4(CCC4)C3)nc12. The molecule has 2 aromatic rings. The third-order valence-corrected chi connectivity index (χ3v) is 9.18. The molecule has 3 aliphatic heterocycles. The topological polar surface area (TPSA) is 109 Å². The van der Waals surface area contributed by atoms with Crippen LogP contribution < -0.4 is 9.62 Å². The van der Waals surface area contributed by atoms with Crippen LogP contribution in [0, 0.1) is 10.8 Å². The third-order valence-electron chi connectivity index (χ3n) is 7.79. The lowest BCUT2D eigenvalue weighted by molar-refractivity contribution is -0.0229. The Kier molecular flexibility index (Phi) is 3.89. The summed E-state index contributed by atoms with van der Waals surface area (Å²) in [6, 6.07) is 1.91. The van der Waals surface area contributed by atoms with Crippen molar-refractivity contribution in [2.45, 2.75) is 49.0 Å². The van der Waals surface area contributed by atoms with Gasteiger partial charge in [-0.2, -0.15) is 5.10 Å². The number of aromatic nitrogens is 3. The van der Waals surface area contributed by atoms with Crippen LogP contribution in [0.25, 0.3) is 5.65 Å². The standard InChI is InChI=1S/C20H27N5O4S/c26-13-19-9-20(10-19,29-14-19)11-22-30(27,28)15-8-21-25-6-2-16(23-17(15)25)24-7-5-18(12-24)3-1-4-18/h2,6,8,22,26H,1,3-5,7,9-14H2. The smallest absolute Gasteiger partial charge is 0.246 e. The summed E-state index contributed by atoms with van der Waals surface area (Å²) in [7, 11) is -3.78. The van der Waals surface area contributed by atoms with Gasteiger partial charge >= 0.3 is 0 Å². The van der Waals surface area contributed by atoms with Gasteiger partial charge < -0.3 is 14.7 Å². The number of anilines is 1. The first-order chi connectivity index (χ1) is 14.4. The maximum absolute atomic E-state index is 13.0. The highest BCUT2D eigenvalue weighted by molar-refractivity contribution is 7.89. The number of hydrogen-bond acceptors (Lipinski definition) is 7. The molecule has 5 aliphatic rings. The number of hydrogen-bond donors (Lipinski definition) is 2. The number of aliphatic hydroxyl groups is 1. The lowest BCUT2D eigenvalue weighted by atomic mass is 9.63. The zero-order valence-electron chi connectivity index (χ0n) is 16.9. The van der Waals surface area contributed by atoms with E-state index in [4.69, 9.17) is 4.74 Å². The fourth-order valence-corrected chi connectivity index (χ4v) is 7.06. The van der Waals surface area contributed by atoms with Gasteiger partial charge in [0.2, 0.25) is 10.0 Å². The first-order valence-electron chi connectivity index (χ1n) is 10.7. The van der Waals surface area contributed by atoms with E-state index in [1.807, 2.05) is 6.07 Å². The van der Waals surface area contributed by atoms with Crippen LogP contribution in [-0.2, 0) is 14.8 Å². The molecule has 0 radical (unpaired) electrons. The van der Waals surface area contributed by atoms with Crippen molar-refractivity contribution in [1.82, 2.24) is 19.3 Å². The maximum Gasteiger partial charge on any atom is 0.246 e. The molecule has 5 heterocycles. The Hall–Kier alpha value is -1.75. The molecule has 162 valence electrons. The average molecular weight is 434 g/mol. The normalized spacial score (nSPS) is 32.0. The van der Waals surface area contributed by atoms with Crippen LogP contribution in [0.3, 0.4) is 0 Å². The molecular weight excluding hydrogens is 406 g/mol. The van der Waals surface area contributed by atoms with Gasteiger partial charge in [-0.1, -0.05) is 6.42 Å². The quantitative estimate of drug-likeness (QED) is 0.697. The van der Waals surface area contributed by atoms with Gasteiger partial charge in [0.05, 0.1) is 25.0 Å². The third kappa shape index (κ3) is 2.73. The summed E-state index contributed by atoms with van der Waals surface area (Å²) in [6.45, 7) is 2.73. The molecular formula is C20H27N5O4S. The van der Waals surface area contributed by atoms with E-state index in [-0.39, 0.29) is 23.5 Å². The number of rotatable bonds is 6. The van der Waals surface area contributed by atoms with Crippen molar-refractivity contribution in [1.29, 1.82) is 0 Å². The zero-order chi connectivity index (χ0) is 20.6. The van der Waals surface area contributed by atoms with Crippen molar-refractivity contribution >= 4 is 21.5 Å². The Morgan fingerprint density at radius 1 is 1.27 bits per heavy atom. The van der Waals surface area contributed by atoms with E-state index >= 15 is 0 Å². The number of sulfonamides is 1.